The zero-order valence-electron chi connectivity index (χ0n) is 9.27. The molecule has 0 aliphatic carbocycles. The molecule has 2 bridgehead atoms. The number of rotatable bonds is 1. The second-order valence-corrected chi connectivity index (χ2v) is 4.73. The number of nitrogens with one attached hydrogen (secondary N) is 1. The van der Waals surface area contributed by atoms with Gasteiger partial charge in [0.15, 0.2) is 0 Å². The van der Waals surface area contributed by atoms with Crippen LogP contribution < -0.4 is 5.32 Å². The fourth-order valence-corrected chi connectivity index (χ4v) is 2.67. The summed E-state index contributed by atoms with van der Waals surface area (Å²) < 4.78 is 4.81. The zero-order chi connectivity index (χ0) is 11.1. The van der Waals surface area contributed by atoms with Gasteiger partial charge in [0.1, 0.15) is 11.8 Å². The molecule has 0 radical (unpaired) electrons. The topological polar surface area (TPSA) is 58.4 Å². The van der Waals surface area contributed by atoms with Crippen molar-refractivity contribution in [3.05, 3.63) is 17.5 Å². The summed E-state index contributed by atoms with van der Waals surface area (Å²) in [6.07, 6.45) is 2.65. The van der Waals surface area contributed by atoms with Crippen molar-refractivity contribution in [2.45, 2.75) is 19.4 Å². The first-order valence-corrected chi connectivity index (χ1v) is 5.67. The van der Waals surface area contributed by atoms with Gasteiger partial charge in [0, 0.05) is 25.7 Å². The Bertz CT molecular complexity index is 403. The highest BCUT2D eigenvalue weighted by atomic mass is 16.5. The Morgan fingerprint density at radius 1 is 1.62 bits per heavy atom. The lowest BCUT2D eigenvalue weighted by molar-refractivity contribution is 0.0690. The molecule has 86 valence electrons. The number of piperidine rings is 1. The van der Waals surface area contributed by atoms with Crippen LogP contribution in [-0.4, -0.2) is 41.6 Å². The fourth-order valence-electron chi connectivity index (χ4n) is 2.67. The molecule has 1 aromatic heterocycles. The van der Waals surface area contributed by atoms with Crippen LogP contribution in [0.2, 0.25) is 0 Å². The van der Waals surface area contributed by atoms with Crippen LogP contribution in [0.25, 0.3) is 0 Å². The molecule has 5 nitrogen and oxygen atoms in total. The van der Waals surface area contributed by atoms with Gasteiger partial charge in [0.25, 0.3) is 5.91 Å². The molecule has 1 aromatic rings. The van der Waals surface area contributed by atoms with E-state index < -0.39 is 0 Å². The van der Waals surface area contributed by atoms with E-state index >= 15 is 0 Å². The molecule has 1 N–H and O–H groups in total. The van der Waals surface area contributed by atoms with E-state index in [1.165, 1.54) is 12.7 Å². The van der Waals surface area contributed by atoms with Crippen molar-refractivity contribution in [3.63, 3.8) is 0 Å². The van der Waals surface area contributed by atoms with E-state index in [2.05, 4.69) is 10.5 Å². The number of fused-ring (bicyclic) bond motifs is 2. The van der Waals surface area contributed by atoms with Crippen molar-refractivity contribution in [2.24, 2.45) is 5.92 Å². The molecule has 2 saturated heterocycles. The molecule has 2 unspecified atom stereocenters. The molecular formula is C11H15N3O2. The molecule has 2 aliphatic rings. The molecule has 3 rings (SSSR count). The first-order valence-electron chi connectivity index (χ1n) is 5.67. The Balaban J connectivity index is 1.79. The van der Waals surface area contributed by atoms with E-state index in [1.54, 1.807) is 6.92 Å². The SMILES string of the molecule is Cc1nocc1C(=O)N1CC2CNC(C2)C1. The van der Waals surface area contributed by atoms with Crippen LogP contribution in [-0.2, 0) is 0 Å². The van der Waals surface area contributed by atoms with Gasteiger partial charge in [-0.1, -0.05) is 5.16 Å². The molecule has 3 heterocycles. The molecule has 16 heavy (non-hydrogen) atoms. The van der Waals surface area contributed by atoms with Crippen LogP contribution in [0.3, 0.4) is 0 Å². The monoisotopic (exact) mass is 221 g/mol. The van der Waals surface area contributed by atoms with Crippen LogP contribution in [0, 0.1) is 12.8 Å². The summed E-state index contributed by atoms with van der Waals surface area (Å²) in [5.74, 6) is 0.667. The summed E-state index contributed by atoms with van der Waals surface area (Å²) in [6, 6.07) is 0.475. The largest absolute Gasteiger partial charge is 0.364 e. The smallest absolute Gasteiger partial charge is 0.259 e. The fraction of sp³-hybridized carbons (Fsp3) is 0.636. The van der Waals surface area contributed by atoms with Crippen molar-refractivity contribution in [2.75, 3.05) is 19.6 Å². The highest BCUT2D eigenvalue weighted by Crippen LogP contribution is 2.23. The average molecular weight is 221 g/mol. The van der Waals surface area contributed by atoms with Crippen LogP contribution >= 0.6 is 0 Å². The van der Waals surface area contributed by atoms with Crippen LogP contribution in [0.4, 0.5) is 0 Å². The minimum absolute atomic E-state index is 0.0529. The van der Waals surface area contributed by atoms with Gasteiger partial charge in [-0.3, -0.25) is 4.79 Å². The highest BCUT2D eigenvalue weighted by molar-refractivity contribution is 5.94. The lowest BCUT2D eigenvalue weighted by atomic mass is 9.99. The van der Waals surface area contributed by atoms with Crippen molar-refractivity contribution in [1.29, 1.82) is 0 Å². The van der Waals surface area contributed by atoms with E-state index in [0.29, 0.717) is 23.2 Å². The maximum absolute atomic E-state index is 12.2. The zero-order valence-corrected chi connectivity index (χ0v) is 9.27. The van der Waals surface area contributed by atoms with Gasteiger partial charge in [-0.2, -0.15) is 0 Å². The maximum Gasteiger partial charge on any atom is 0.259 e. The van der Waals surface area contributed by atoms with E-state index in [-0.39, 0.29) is 5.91 Å². The number of amides is 1. The molecule has 0 saturated carbocycles. The number of aryl methyl sites for hydroxylation is 1. The normalized spacial score (nSPS) is 28.4. The summed E-state index contributed by atoms with van der Waals surface area (Å²) in [5, 5.41) is 7.18. The van der Waals surface area contributed by atoms with Crippen molar-refractivity contribution in [3.8, 4) is 0 Å². The van der Waals surface area contributed by atoms with Gasteiger partial charge in [-0.05, 0) is 19.3 Å². The van der Waals surface area contributed by atoms with Gasteiger partial charge >= 0.3 is 0 Å². The third-order valence-corrected chi connectivity index (χ3v) is 3.50. The van der Waals surface area contributed by atoms with Crippen LogP contribution in [0.1, 0.15) is 22.5 Å². The number of likely N-dealkylation sites (tertiary alicyclic amines) is 1. The number of nitrogens with zero attached hydrogens (tertiary/aromatic N) is 2. The Morgan fingerprint density at radius 2 is 2.50 bits per heavy atom. The Hall–Kier alpha value is -1.36. The lowest BCUT2D eigenvalue weighted by Gasteiger charge is -2.30. The Kier molecular flexibility index (Phi) is 2.21. The number of carbonyl (C=O) groups is 1. The summed E-state index contributed by atoms with van der Waals surface area (Å²) in [7, 11) is 0. The van der Waals surface area contributed by atoms with Gasteiger partial charge in [-0.15, -0.1) is 0 Å². The standard InChI is InChI=1S/C11H15N3O2/c1-7-10(6-16-13-7)11(15)14-4-8-2-9(5-14)12-3-8/h6,8-9,12H,2-5H2,1H3. The molecule has 0 spiro atoms. The molecule has 2 fully saturated rings. The summed E-state index contributed by atoms with van der Waals surface area (Å²) in [5.41, 5.74) is 1.28. The van der Waals surface area contributed by atoms with Gasteiger partial charge in [-0.25, -0.2) is 0 Å². The second-order valence-electron chi connectivity index (χ2n) is 4.73. The van der Waals surface area contributed by atoms with Crippen molar-refractivity contribution < 1.29 is 9.32 Å². The third-order valence-electron chi connectivity index (χ3n) is 3.50. The predicted octanol–water partition coefficient (Wildman–Crippen LogP) is 0.417. The molecular weight excluding hydrogens is 206 g/mol. The molecule has 0 aromatic carbocycles. The molecule has 1 amide bonds. The Labute approximate surface area is 93.8 Å². The number of hydrogen-bond donors (Lipinski definition) is 1. The minimum Gasteiger partial charge on any atom is -0.364 e. The van der Waals surface area contributed by atoms with Gasteiger partial charge < -0.3 is 14.7 Å². The predicted molar refractivity (Wildman–Crippen MR) is 57.0 cm³/mol. The first kappa shape index (κ1) is 9.84. The van der Waals surface area contributed by atoms with Crippen LogP contribution in [0.5, 0.6) is 0 Å². The van der Waals surface area contributed by atoms with E-state index in [9.17, 15) is 4.79 Å². The van der Waals surface area contributed by atoms with E-state index in [1.807, 2.05) is 4.90 Å². The average Bonchev–Trinajstić information content (AvgIpc) is 2.84. The number of aromatic nitrogens is 1. The van der Waals surface area contributed by atoms with Crippen molar-refractivity contribution in [1.82, 2.24) is 15.4 Å². The maximum atomic E-state index is 12.2. The summed E-state index contributed by atoms with van der Waals surface area (Å²) >= 11 is 0. The van der Waals surface area contributed by atoms with Gasteiger partial charge in [0.2, 0.25) is 0 Å². The molecule has 2 aliphatic heterocycles. The number of carbonyl (C=O) groups excluding carboxylic acids is 1. The summed E-state index contributed by atoms with van der Waals surface area (Å²) in [4.78, 5) is 14.1. The van der Waals surface area contributed by atoms with Gasteiger partial charge in [0.05, 0.1) is 5.69 Å². The molecule has 5 heteroatoms. The minimum atomic E-state index is 0.0529. The number of hydrogen-bond acceptors (Lipinski definition) is 4. The quantitative estimate of drug-likeness (QED) is 0.746. The first-order chi connectivity index (χ1) is 7.74. The summed E-state index contributed by atoms with van der Waals surface area (Å²) in [6.45, 7) is 4.50. The van der Waals surface area contributed by atoms with Crippen LogP contribution in [0.15, 0.2) is 10.8 Å². The van der Waals surface area contributed by atoms with E-state index in [0.717, 1.165) is 19.6 Å². The lowest BCUT2D eigenvalue weighted by Crippen LogP contribution is -2.44. The van der Waals surface area contributed by atoms with Crippen molar-refractivity contribution >= 4 is 5.91 Å². The molecule has 2 atom stereocenters. The Morgan fingerprint density at radius 3 is 3.19 bits per heavy atom. The third kappa shape index (κ3) is 1.51. The second kappa shape index (κ2) is 3.59. The highest BCUT2D eigenvalue weighted by Gasteiger charge is 2.35. The van der Waals surface area contributed by atoms with E-state index in [4.69, 9.17) is 4.52 Å².